The van der Waals surface area contributed by atoms with Crippen molar-refractivity contribution in [3.05, 3.63) is 179 Å². The zero-order valence-corrected chi connectivity index (χ0v) is 33.2. The lowest BCUT2D eigenvalue weighted by molar-refractivity contribution is 0.475. The van der Waals surface area contributed by atoms with Gasteiger partial charge in [-0.2, -0.15) is 0 Å². The molecule has 6 rings (SSSR count). The maximum atomic E-state index is 3.54. The quantitative estimate of drug-likeness (QED) is 0.122. The summed E-state index contributed by atoms with van der Waals surface area (Å²) in [6.45, 7) is 18.1. The molecule has 0 amide bonds. The summed E-state index contributed by atoms with van der Waals surface area (Å²) in [5.41, 5.74) is 15.0. The molecule has 2 atom stereocenters. The maximum Gasteiger partial charge on any atom is 0.0414 e. The van der Waals surface area contributed by atoms with Crippen molar-refractivity contribution in [2.24, 2.45) is 0 Å². The van der Waals surface area contributed by atoms with E-state index in [2.05, 4.69) is 211 Å². The topological polar surface area (TPSA) is 15.3 Å². The van der Waals surface area contributed by atoms with E-state index in [1.54, 1.807) is 0 Å². The van der Waals surface area contributed by atoms with Crippen molar-refractivity contribution in [3.8, 4) is 11.1 Å². The minimum absolute atomic E-state index is 0.129. The molecule has 0 saturated heterocycles. The first-order valence-corrected chi connectivity index (χ1v) is 19.7. The molecular weight excluding hydrogens is 641 g/mol. The lowest BCUT2D eigenvalue weighted by Crippen LogP contribution is -2.36. The lowest BCUT2D eigenvalue weighted by Gasteiger charge is -2.39. The SMILES string of the molecule is CCCC(c1ccc(C(C)(C)c2ccc(Nc3ccc(C)cc3)cc2)cc1)C(CC)N(c1ccc(C)cc1)c1ccc(-c2ccc(C(C)C)cc2)cc1. The van der Waals surface area contributed by atoms with E-state index in [4.69, 9.17) is 0 Å². The first kappa shape index (κ1) is 37.7. The minimum Gasteiger partial charge on any atom is -0.356 e. The fourth-order valence-corrected chi connectivity index (χ4v) is 7.74. The molecule has 6 aromatic rings. The number of nitrogens with one attached hydrogen (secondary N) is 1. The van der Waals surface area contributed by atoms with Gasteiger partial charge in [-0.15, -0.1) is 0 Å². The van der Waals surface area contributed by atoms with Crippen LogP contribution in [0.25, 0.3) is 11.1 Å². The Hall–Kier alpha value is -5.08. The van der Waals surface area contributed by atoms with Gasteiger partial charge in [-0.3, -0.25) is 0 Å². The van der Waals surface area contributed by atoms with Gasteiger partial charge in [0.05, 0.1) is 0 Å². The zero-order chi connectivity index (χ0) is 37.5. The molecule has 6 aromatic carbocycles. The standard InChI is InChI=1S/C51H58N2/c1-9-11-49(42-20-24-43(25-21-42)51(7,8)44-26-30-46(31-27-44)52-45-28-12-37(5)13-29-45)50(10-2)53(47-32-14-38(6)15-33-47)48-34-22-41(23-35-48)40-18-16-39(17-19-40)36(3)4/h12-36,49-50,52H,9-11H2,1-8H3. The Morgan fingerprint density at radius 1 is 0.528 bits per heavy atom. The maximum absolute atomic E-state index is 3.54. The fraction of sp³-hybridized carbons (Fsp3) is 0.294. The van der Waals surface area contributed by atoms with Crippen LogP contribution in [0.1, 0.15) is 106 Å². The minimum atomic E-state index is -0.129. The average molecular weight is 699 g/mol. The Balaban J connectivity index is 1.27. The summed E-state index contributed by atoms with van der Waals surface area (Å²) in [5.74, 6) is 0.906. The summed E-state index contributed by atoms with van der Waals surface area (Å²) >= 11 is 0. The van der Waals surface area contributed by atoms with Gasteiger partial charge in [-0.1, -0.05) is 156 Å². The predicted molar refractivity (Wildman–Crippen MR) is 230 cm³/mol. The van der Waals surface area contributed by atoms with E-state index in [-0.39, 0.29) is 5.41 Å². The Bertz CT molecular complexity index is 2020. The highest BCUT2D eigenvalue weighted by atomic mass is 15.2. The van der Waals surface area contributed by atoms with Crippen LogP contribution in [0.15, 0.2) is 146 Å². The first-order chi connectivity index (χ1) is 25.6. The van der Waals surface area contributed by atoms with Crippen LogP contribution in [0, 0.1) is 13.8 Å². The zero-order valence-electron chi connectivity index (χ0n) is 33.2. The molecule has 0 radical (unpaired) electrons. The highest BCUT2D eigenvalue weighted by molar-refractivity contribution is 5.71. The van der Waals surface area contributed by atoms with Crippen molar-refractivity contribution in [2.45, 2.75) is 97.9 Å². The van der Waals surface area contributed by atoms with Crippen LogP contribution in [0.3, 0.4) is 0 Å². The van der Waals surface area contributed by atoms with Gasteiger partial charge in [0, 0.05) is 40.1 Å². The van der Waals surface area contributed by atoms with Gasteiger partial charge in [0.2, 0.25) is 0 Å². The van der Waals surface area contributed by atoms with E-state index >= 15 is 0 Å². The van der Waals surface area contributed by atoms with Crippen LogP contribution >= 0.6 is 0 Å². The monoisotopic (exact) mass is 698 g/mol. The highest BCUT2D eigenvalue weighted by Gasteiger charge is 2.30. The van der Waals surface area contributed by atoms with Crippen LogP contribution < -0.4 is 10.2 Å². The number of hydrogen-bond acceptors (Lipinski definition) is 2. The Morgan fingerprint density at radius 2 is 0.943 bits per heavy atom. The molecule has 0 aromatic heterocycles. The van der Waals surface area contributed by atoms with Crippen LogP contribution in [0.2, 0.25) is 0 Å². The summed E-state index contributed by atoms with van der Waals surface area (Å²) in [5, 5.41) is 3.54. The van der Waals surface area contributed by atoms with E-state index in [0.717, 1.165) is 30.6 Å². The molecule has 0 bridgehead atoms. The number of aryl methyl sites for hydroxylation is 2. The van der Waals surface area contributed by atoms with E-state index in [1.807, 2.05) is 0 Å². The van der Waals surface area contributed by atoms with Crippen LogP contribution in [0.4, 0.5) is 22.7 Å². The molecule has 272 valence electrons. The number of rotatable bonds is 14. The molecule has 1 N–H and O–H groups in total. The summed E-state index contributed by atoms with van der Waals surface area (Å²) in [7, 11) is 0. The Labute approximate surface area is 320 Å². The average Bonchev–Trinajstić information content (AvgIpc) is 3.18. The molecule has 0 spiro atoms. The predicted octanol–water partition coefficient (Wildman–Crippen LogP) is 14.7. The van der Waals surface area contributed by atoms with Crippen LogP contribution in [-0.4, -0.2) is 6.04 Å². The number of benzene rings is 6. The normalized spacial score (nSPS) is 12.8. The smallest absolute Gasteiger partial charge is 0.0414 e. The second-order valence-corrected chi connectivity index (χ2v) is 15.7. The van der Waals surface area contributed by atoms with Crippen LogP contribution in [-0.2, 0) is 5.41 Å². The van der Waals surface area contributed by atoms with Crippen LogP contribution in [0.5, 0.6) is 0 Å². The summed E-state index contributed by atoms with van der Waals surface area (Å²) < 4.78 is 0. The van der Waals surface area contributed by atoms with Crippen molar-refractivity contribution < 1.29 is 0 Å². The summed E-state index contributed by atoms with van der Waals surface area (Å²) in [6, 6.07) is 54.7. The lowest BCUT2D eigenvalue weighted by atomic mass is 9.77. The van der Waals surface area contributed by atoms with E-state index in [9.17, 15) is 0 Å². The molecule has 0 aliphatic rings. The van der Waals surface area contributed by atoms with E-state index in [1.165, 1.54) is 55.9 Å². The third-order valence-electron chi connectivity index (χ3n) is 11.2. The van der Waals surface area contributed by atoms with Gasteiger partial charge >= 0.3 is 0 Å². The second-order valence-electron chi connectivity index (χ2n) is 15.7. The molecule has 0 aliphatic carbocycles. The van der Waals surface area contributed by atoms with Gasteiger partial charge in [0.25, 0.3) is 0 Å². The van der Waals surface area contributed by atoms with Crippen molar-refractivity contribution in [3.63, 3.8) is 0 Å². The summed E-state index contributed by atoms with van der Waals surface area (Å²) in [6.07, 6.45) is 3.29. The molecule has 0 heterocycles. The molecular formula is C51H58N2. The van der Waals surface area contributed by atoms with E-state index < -0.39 is 0 Å². The Kier molecular flexibility index (Phi) is 11.9. The molecule has 2 nitrogen and oxygen atoms in total. The fourth-order valence-electron chi connectivity index (χ4n) is 7.74. The molecule has 0 saturated carbocycles. The van der Waals surface area contributed by atoms with Crippen molar-refractivity contribution in [1.82, 2.24) is 0 Å². The number of hydrogen-bond donors (Lipinski definition) is 1. The van der Waals surface area contributed by atoms with E-state index in [0.29, 0.717) is 17.9 Å². The van der Waals surface area contributed by atoms with Gasteiger partial charge < -0.3 is 10.2 Å². The van der Waals surface area contributed by atoms with Gasteiger partial charge in [-0.05, 0) is 115 Å². The van der Waals surface area contributed by atoms with Crippen molar-refractivity contribution in [2.75, 3.05) is 10.2 Å². The summed E-state index contributed by atoms with van der Waals surface area (Å²) in [4.78, 5) is 2.61. The molecule has 2 heteroatoms. The first-order valence-electron chi connectivity index (χ1n) is 19.7. The van der Waals surface area contributed by atoms with Gasteiger partial charge in [0.15, 0.2) is 0 Å². The van der Waals surface area contributed by atoms with Crippen molar-refractivity contribution >= 4 is 22.7 Å². The molecule has 53 heavy (non-hydrogen) atoms. The third kappa shape index (κ3) is 8.77. The molecule has 2 unspecified atom stereocenters. The van der Waals surface area contributed by atoms with Gasteiger partial charge in [0.1, 0.15) is 0 Å². The van der Waals surface area contributed by atoms with Crippen molar-refractivity contribution in [1.29, 1.82) is 0 Å². The Morgan fingerprint density at radius 3 is 1.42 bits per heavy atom. The molecule has 0 aliphatic heterocycles. The number of anilines is 4. The number of nitrogens with zero attached hydrogens (tertiary/aromatic N) is 1. The van der Waals surface area contributed by atoms with Gasteiger partial charge in [-0.25, -0.2) is 0 Å². The second kappa shape index (κ2) is 16.7. The third-order valence-corrected chi connectivity index (χ3v) is 11.2. The highest BCUT2D eigenvalue weighted by Crippen LogP contribution is 2.40. The largest absolute Gasteiger partial charge is 0.356 e. The molecule has 0 fully saturated rings.